The van der Waals surface area contributed by atoms with E-state index in [1.54, 1.807) is 41.5 Å². The minimum atomic E-state index is -3.47. The number of hydrogen-bond donors (Lipinski definition) is 1. The van der Waals surface area contributed by atoms with Gasteiger partial charge in [0.15, 0.2) is 0 Å². The lowest BCUT2D eigenvalue weighted by molar-refractivity contribution is 0.605. The molecule has 1 aromatic heterocycles. The molecule has 90 valence electrons. The highest BCUT2D eigenvalue weighted by atomic mass is 35.5. The lowest BCUT2D eigenvalue weighted by atomic mass is 10.3. The van der Waals surface area contributed by atoms with Crippen LogP contribution in [0.4, 0.5) is 5.69 Å². The molecule has 0 aliphatic carbocycles. The van der Waals surface area contributed by atoms with Gasteiger partial charge in [-0.3, -0.25) is 4.72 Å². The molecule has 0 saturated heterocycles. The van der Waals surface area contributed by atoms with Gasteiger partial charge in [0.05, 0.1) is 12.0 Å². The molecule has 0 spiro atoms. The van der Waals surface area contributed by atoms with Crippen molar-refractivity contribution in [2.24, 2.45) is 0 Å². The Kier molecular flexibility index (Phi) is 3.35. The molecule has 2 rings (SSSR count). The zero-order valence-corrected chi connectivity index (χ0v) is 10.3. The fourth-order valence-electron chi connectivity index (χ4n) is 1.35. The van der Waals surface area contributed by atoms with Crippen LogP contribution in [0.25, 0.3) is 5.69 Å². The van der Waals surface area contributed by atoms with E-state index in [0.717, 1.165) is 5.69 Å². The number of nitrogens with one attached hydrogen (secondary N) is 1. The summed E-state index contributed by atoms with van der Waals surface area (Å²) in [6.45, 7) is 0. The van der Waals surface area contributed by atoms with Gasteiger partial charge in [0.1, 0.15) is 5.21 Å². The van der Waals surface area contributed by atoms with Crippen LogP contribution < -0.4 is 4.72 Å². The zero-order valence-electron chi connectivity index (χ0n) is 8.75. The summed E-state index contributed by atoms with van der Waals surface area (Å²) in [5.74, 6) is 0. The van der Waals surface area contributed by atoms with Gasteiger partial charge in [-0.2, -0.15) is 0 Å². The van der Waals surface area contributed by atoms with Crippen molar-refractivity contribution in [2.45, 2.75) is 0 Å². The number of anilines is 1. The molecule has 0 bridgehead atoms. The number of nitrogens with zero attached hydrogens (tertiary/aromatic N) is 2. The molecule has 1 aromatic carbocycles. The second-order valence-electron chi connectivity index (χ2n) is 3.35. The van der Waals surface area contributed by atoms with Gasteiger partial charge in [-0.25, -0.2) is 13.4 Å². The van der Waals surface area contributed by atoms with Crippen LogP contribution in [-0.2, 0) is 10.0 Å². The average molecular weight is 272 g/mol. The van der Waals surface area contributed by atoms with Gasteiger partial charge in [-0.05, 0) is 18.2 Å². The van der Waals surface area contributed by atoms with Crippen molar-refractivity contribution >= 4 is 27.3 Å². The Labute approximate surface area is 104 Å². The fourth-order valence-corrected chi connectivity index (χ4v) is 2.05. The summed E-state index contributed by atoms with van der Waals surface area (Å²) in [5, 5.41) is -0.470. The van der Waals surface area contributed by atoms with E-state index in [9.17, 15) is 8.42 Å². The highest BCUT2D eigenvalue weighted by Crippen LogP contribution is 2.15. The van der Waals surface area contributed by atoms with Gasteiger partial charge < -0.3 is 4.57 Å². The molecule has 17 heavy (non-hydrogen) atoms. The first-order valence-electron chi connectivity index (χ1n) is 4.75. The zero-order chi connectivity index (χ0) is 12.3. The Bertz CT molecular complexity index is 596. The Morgan fingerprint density at radius 1 is 1.41 bits per heavy atom. The fraction of sp³-hybridized carbons (Fsp3) is 0.100. The lowest BCUT2D eigenvalue weighted by Crippen LogP contribution is -2.13. The third-order valence-electron chi connectivity index (χ3n) is 2.07. The minimum Gasteiger partial charge on any atom is -0.306 e. The van der Waals surface area contributed by atoms with E-state index in [1.807, 2.05) is 6.07 Å². The van der Waals surface area contributed by atoms with Gasteiger partial charge in [0.2, 0.25) is 10.0 Å². The number of halogens is 1. The summed E-state index contributed by atoms with van der Waals surface area (Å²) in [5.41, 5.74) is 1.29. The SMILES string of the molecule is O=S(=O)(CCl)Nc1cccc(-n2ccnc2)c1. The number of sulfonamides is 1. The third-order valence-corrected chi connectivity index (χ3v) is 3.76. The van der Waals surface area contributed by atoms with Crippen molar-refractivity contribution in [2.75, 3.05) is 9.93 Å². The number of alkyl halides is 1. The molecule has 0 fully saturated rings. The topological polar surface area (TPSA) is 64.0 Å². The molecule has 0 aliphatic heterocycles. The molecule has 1 N–H and O–H groups in total. The van der Waals surface area contributed by atoms with Crippen LogP contribution >= 0.6 is 11.6 Å². The molecule has 0 aliphatic rings. The molecule has 0 atom stereocenters. The van der Waals surface area contributed by atoms with Crippen LogP contribution in [0.5, 0.6) is 0 Å². The first kappa shape index (κ1) is 11.9. The summed E-state index contributed by atoms with van der Waals surface area (Å²) in [4.78, 5) is 3.92. The Morgan fingerprint density at radius 3 is 2.88 bits per heavy atom. The van der Waals surface area contributed by atoms with Gasteiger partial charge in [-0.15, -0.1) is 11.6 Å². The molecular weight excluding hydrogens is 262 g/mol. The first-order valence-corrected chi connectivity index (χ1v) is 6.94. The van der Waals surface area contributed by atoms with Gasteiger partial charge in [0, 0.05) is 18.1 Å². The summed E-state index contributed by atoms with van der Waals surface area (Å²) >= 11 is 5.32. The smallest absolute Gasteiger partial charge is 0.246 e. The van der Waals surface area contributed by atoms with Crippen molar-refractivity contribution in [3.05, 3.63) is 43.0 Å². The molecule has 5 nitrogen and oxygen atoms in total. The van der Waals surface area contributed by atoms with Crippen LogP contribution in [-0.4, -0.2) is 23.2 Å². The van der Waals surface area contributed by atoms with Crippen molar-refractivity contribution in [3.63, 3.8) is 0 Å². The highest BCUT2D eigenvalue weighted by molar-refractivity contribution is 7.93. The predicted molar refractivity (Wildman–Crippen MR) is 66.8 cm³/mol. The normalized spacial score (nSPS) is 11.4. The maximum atomic E-state index is 11.3. The summed E-state index contributed by atoms with van der Waals surface area (Å²) in [7, 11) is -3.47. The molecule has 0 radical (unpaired) electrons. The molecule has 0 amide bonds. The first-order chi connectivity index (χ1) is 8.11. The molecule has 0 unspecified atom stereocenters. The minimum absolute atomic E-state index is 0.469. The largest absolute Gasteiger partial charge is 0.306 e. The Morgan fingerprint density at radius 2 is 2.24 bits per heavy atom. The summed E-state index contributed by atoms with van der Waals surface area (Å²) in [6.07, 6.45) is 5.06. The van der Waals surface area contributed by atoms with Crippen LogP contribution in [0.3, 0.4) is 0 Å². The van der Waals surface area contributed by atoms with Gasteiger partial charge in [-0.1, -0.05) is 6.07 Å². The van der Waals surface area contributed by atoms with Crippen LogP contribution in [0.2, 0.25) is 0 Å². The lowest BCUT2D eigenvalue weighted by Gasteiger charge is -2.07. The molecule has 2 aromatic rings. The van der Waals surface area contributed by atoms with Crippen LogP contribution in [0, 0.1) is 0 Å². The summed E-state index contributed by atoms with van der Waals surface area (Å²) in [6, 6.07) is 6.96. The van der Waals surface area contributed by atoms with Gasteiger partial charge in [0.25, 0.3) is 0 Å². The van der Waals surface area contributed by atoms with Crippen molar-refractivity contribution < 1.29 is 8.42 Å². The predicted octanol–water partition coefficient (Wildman–Crippen LogP) is 1.81. The Hall–Kier alpha value is -1.53. The van der Waals surface area contributed by atoms with E-state index >= 15 is 0 Å². The number of imidazole rings is 1. The second kappa shape index (κ2) is 4.77. The van der Waals surface area contributed by atoms with E-state index in [4.69, 9.17) is 11.6 Å². The maximum absolute atomic E-state index is 11.3. The van der Waals surface area contributed by atoms with Gasteiger partial charge >= 0.3 is 0 Å². The maximum Gasteiger partial charge on any atom is 0.246 e. The van der Waals surface area contributed by atoms with Crippen LogP contribution in [0.15, 0.2) is 43.0 Å². The standard InChI is InChI=1S/C10H10ClN3O2S/c11-7-17(15,16)13-9-2-1-3-10(6-9)14-5-4-12-8-14/h1-6,8,13H,7H2. The molecule has 0 saturated carbocycles. The van der Waals surface area contributed by atoms with E-state index in [-0.39, 0.29) is 0 Å². The molecular formula is C10H10ClN3O2S. The van der Waals surface area contributed by atoms with Crippen molar-refractivity contribution in [1.82, 2.24) is 9.55 Å². The molecule has 7 heteroatoms. The number of benzene rings is 1. The Balaban J connectivity index is 2.30. The number of aromatic nitrogens is 2. The summed E-state index contributed by atoms with van der Waals surface area (Å²) < 4.78 is 26.8. The third kappa shape index (κ3) is 2.98. The van der Waals surface area contributed by atoms with Crippen molar-refractivity contribution in [3.8, 4) is 5.69 Å². The van der Waals surface area contributed by atoms with E-state index in [2.05, 4.69) is 9.71 Å². The van der Waals surface area contributed by atoms with Crippen LogP contribution in [0.1, 0.15) is 0 Å². The van der Waals surface area contributed by atoms with Crippen molar-refractivity contribution in [1.29, 1.82) is 0 Å². The number of rotatable bonds is 4. The van der Waals surface area contributed by atoms with E-state index in [1.165, 1.54) is 0 Å². The average Bonchev–Trinajstić information content (AvgIpc) is 2.82. The number of hydrogen-bond acceptors (Lipinski definition) is 3. The van der Waals surface area contributed by atoms with E-state index in [0.29, 0.717) is 5.69 Å². The second-order valence-corrected chi connectivity index (χ2v) is 5.65. The monoisotopic (exact) mass is 271 g/mol. The highest BCUT2D eigenvalue weighted by Gasteiger charge is 2.08. The van der Waals surface area contributed by atoms with E-state index < -0.39 is 15.2 Å². The quantitative estimate of drug-likeness (QED) is 0.863. The molecule has 1 heterocycles.